The van der Waals surface area contributed by atoms with Crippen LogP contribution in [-0.2, 0) is 0 Å². The normalized spacial score (nSPS) is 16.8. The highest BCUT2D eigenvalue weighted by Gasteiger charge is 2.39. The monoisotopic (exact) mass is 290 g/mol. The van der Waals surface area contributed by atoms with Crippen LogP contribution in [-0.4, -0.2) is 11.6 Å². The van der Waals surface area contributed by atoms with Crippen LogP contribution in [0.3, 0.4) is 0 Å². The summed E-state index contributed by atoms with van der Waals surface area (Å²) in [4.78, 5) is 25.5. The van der Waals surface area contributed by atoms with Crippen molar-refractivity contribution in [3.05, 3.63) is 70.7 Å². The zero-order chi connectivity index (χ0) is 15.3. The van der Waals surface area contributed by atoms with Crippen LogP contribution >= 0.6 is 0 Å². The Morgan fingerprint density at radius 3 is 2.18 bits per heavy atom. The Balaban J connectivity index is 2.01. The number of Topliss-reactive ketones (excluding diaryl/α,β-unsaturated/α-hetero) is 2. The molecule has 0 radical (unpaired) electrons. The molecule has 2 aliphatic rings. The molecule has 2 aromatic rings. The van der Waals surface area contributed by atoms with Gasteiger partial charge < -0.3 is 4.42 Å². The molecule has 0 amide bonds. The lowest BCUT2D eigenvalue weighted by Gasteiger charge is -2.19. The standard InChI is InChI=1S/C19H14O3/c1-11-15(12-7-3-2-4-8-12)16-17(20)13-9-5-6-10-14(13)18(21)19(16)22-11/h2-4,7-10H,5-6H2,1H3. The topological polar surface area (TPSA) is 47.3 Å². The Labute approximate surface area is 127 Å². The molecule has 0 atom stereocenters. The molecule has 0 bridgehead atoms. The molecule has 108 valence electrons. The van der Waals surface area contributed by atoms with E-state index in [9.17, 15) is 9.59 Å². The van der Waals surface area contributed by atoms with Gasteiger partial charge >= 0.3 is 0 Å². The van der Waals surface area contributed by atoms with Gasteiger partial charge in [-0.15, -0.1) is 0 Å². The first-order chi connectivity index (χ1) is 10.7. The molecular formula is C19H14O3. The molecular weight excluding hydrogens is 276 g/mol. The Morgan fingerprint density at radius 1 is 0.864 bits per heavy atom. The van der Waals surface area contributed by atoms with Gasteiger partial charge in [-0.05, 0) is 25.3 Å². The van der Waals surface area contributed by atoms with Gasteiger partial charge in [0.05, 0.1) is 5.56 Å². The number of hydrogen-bond acceptors (Lipinski definition) is 3. The van der Waals surface area contributed by atoms with Crippen molar-refractivity contribution in [1.82, 2.24) is 0 Å². The number of rotatable bonds is 1. The maximum Gasteiger partial charge on any atom is 0.229 e. The van der Waals surface area contributed by atoms with E-state index in [1.165, 1.54) is 0 Å². The highest BCUT2D eigenvalue weighted by molar-refractivity contribution is 6.32. The summed E-state index contributed by atoms with van der Waals surface area (Å²) in [6.07, 6.45) is 5.30. The van der Waals surface area contributed by atoms with Crippen molar-refractivity contribution >= 4 is 11.6 Å². The van der Waals surface area contributed by atoms with Crippen molar-refractivity contribution < 1.29 is 14.0 Å². The van der Waals surface area contributed by atoms with E-state index in [0.29, 0.717) is 22.5 Å². The van der Waals surface area contributed by atoms with Gasteiger partial charge in [-0.1, -0.05) is 42.5 Å². The zero-order valence-corrected chi connectivity index (χ0v) is 12.2. The third-order valence-electron chi connectivity index (χ3n) is 4.22. The summed E-state index contributed by atoms with van der Waals surface area (Å²) in [5, 5.41) is 0. The highest BCUT2D eigenvalue weighted by Crippen LogP contribution is 2.40. The second-order valence-corrected chi connectivity index (χ2v) is 5.57. The van der Waals surface area contributed by atoms with Crippen LogP contribution in [0, 0.1) is 6.92 Å². The third-order valence-corrected chi connectivity index (χ3v) is 4.22. The number of carbonyl (C=O) groups is 2. The molecule has 2 aliphatic carbocycles. The van der Waals surface area contributed by atoms with Crippen molar-refractivity contribution in [2.75, 3.05) is 0 Å². The quantitative estimate of drug-likeness (QED) is 0.787. The van der Waals surface area contributed by atoms with E-state index in [-0.39, 0.29) is 17.3 Å². The molecule has 0 fully saturated rings. The van der Waals surface area contributed by atoms with Crippen LogP contribution in [0.1, 0.15) is 39.5 Å². The van der Waals surface area contributed by atoms with Crippen LogP contribution < -0.4 is 0 Å². The smallest absolute Gasteiger partial charge is 0.229 e. The fourth-order valence-electron chi connectivity index (χ4n) is 3.24. The van der Waals surface area contributed by atoms with Crippen LogP contribution in [0.4, 0.5) is 0 Å². The predicted molar refractivity (Wildman–Crippen MR) is 82.9 cm³/mol. The van der Waals surface area contributed by atoms with Gasteiger partial charge in [-0.25, -0.2) is 0 Å². The predicted octanol–water partition coefficient (Wildman–Crippen LogP) is 4.28. The van der Waals surface area contributed by atoms with E-state index in [0.717, 1.165) is 24.0 Å². The summed E-state index contributed by atoms with van der Waals surface area (Å²) in [5.74, 6) is 0.520. The summed E-state index contributed by atoms with van der Waals surface area (Å²) in [6.45, 7) is 1.80. The van der Waals surface area contributed by atoms with Gasteiger partial charge in [0.2, 0.25) is 5.78 Å². The minimum atomic E-state index is -0.175. The molecule has 3 heteroatoms. The fraction of sp³-hybridized carbons (Fsp3) is 0.158. The van der Waals surface area contributed by atoms with E-state index in [1.807, 2.05) is 42.5 Å². The Hall–Kier alpha value is -2.68. The Bertz CT molecular complexity index is 864. The number of hydrogen-bond donors (Lipinski definition) is 0. The zero-order valence-electron chi connectivity index (χ0n) is 12.2. The molecule has 22 heavy (non-hydrogen) atoms. The van der Waals surface area contributed by atoms with Crippen LogP contribution in [0.2, 0.25) is 0 Å². The minimum Gasteiger partial charge on any atom is -0.456 e. The lowest BCUT2D eigenvalue weighted by Crippen LogP contribution is -2.23. The van der Waals surface area contributed by atoms with Gasteiger partial charge in [0.25, 0.3) is 0 Å². The van der Waals surface area contributed by atoms with Crippen molar-refractivity contribution in [2.45, 2.75) is 19.8 Å². The van der Waals surface area contributed by atoms with Gasteiger partial charge in [0, 0.05) is 16.7 Å². The van der Waals surface area contributed by atoms with Gasteiger partial charge in [-0.2, -0.15) is 0 Å². The van der Waals surface area contributed by atoms with Gasteiger partial charge in [0.1, 0.15) is 5.76 Å². The summed E-state index contributed by atoms with van der Waals surface area (Å²) in [5.41, 5.74) is 3.08. The number of fused-ring (bicyclic) bond motifs is 2. The number of carbonyl (C=O) groups excluding carboxylic acids is 2. The molecule has 1 heterocycles. The van der Waals surface area contributed by atoms with E-state index in [2.05, 4.69) is 0 Å². The Morgan fingerprint density at radius 2 is 1.50 bits per heavy atom. The van der Waals surface area contributed by atoms with Crippen molar-refractivity contribution in [3.63, 3.8) is 0 Å². The molecule has 0 saturated heterocycles. The van der Waals surface area contributed by atoms with Crippen LogP contribution in [0.15, 0.2) is 58.0 Å². The number of furan rings is 1. The van der Waals surface area contributed by atoms with Crippen LogP contribution in [0.25, 0.3) is 11.1 Å². The first-order valence-corrected chi connectivity index (χ1v) is 7.37. The van der Waals surface area contributed by atoms with Gasteiger partial charge in [-0.3, -0.25) is 9.59 Å². The second-order valence-electron chi connectivity index (χ2n) is 5.57. The summed E-state index contributed by atoms with van der Waals surface area (Å²) in [7, 11) is 0. The molecule has 1 aromatic heterocycles. The molecule has 0 spiro atoms. The maximum absolute atomic E-state index is 12.9. The fourth-order valence-corrected chi connectivity index (χ4v) is 3.24. The average Bonchev–Trinajstić information content (AvgIpc) is 2.91. The molecule has 0 unspecified atom stereocenters. The summed E-state index contributed by atoms with van der Waals surface area (Å²) in [6, 6.07) is 9.60. The number of allylic oxidation sites excluding steroid dienone is 4. The maximum atomic E-state index is 12.9. The van der Waals surface area contributed by atoms with E-state index < -0.39 is 0 Å². The lowest BCUT2D eigenvalue weighted by atomic mass is 9.80. The lowest BCUT2D eigenvalue weighted by molar-refractivity contribution is 0.0952. The first-order valence-electron chi connectivity index (χ1n) is 7.37. The van der Waals surface area contributed by atoms with E-state index in [4.69, 9.17) is 4.42 Å². The highest BCUT2D eigenvalue weighted by atomic mass is 16.3. The average molecular weight is 290 g/mol. The van der Waals surface area contributed by atoms with E-state index in [1.54, 1.807) is 6.92 Å². The molecule has 0 N–H and O–H groups in total. The summed E-state index contributed by atoms with van der Waals surface area (Å²) < 4.78 is 5.68. The SMILES string of the molecule is Cc1oc2c(c1-c1ccccc1)C(=O)C1=CCCC=C1C2=O. The number of aryl methyl sites for hydroxylation is 1. The first kappa shape index (κ1) is 13.0. The largest absolute Gasteiger partial charge is 0.456 e. The van der Waals surface area contributed by atoms with Crippen molar-refractivity contribution in [1.29, 1.82) is 0 Å². The van der Waals surface area contributed by atoms with Gasteiger partial charge in [0.15, 0.2) is 11.5 Å². The van der Waals surface area contributed by atoms with E-state index >= 15 is 0 Å². The third kappa shape index (κ3) is 1.69. The van der Waals surface area contributed by atoms with Crippen molar-refractivity contribution in [2.24, 2.45) is 0 Å². The number of ketones is 2. The Kier molecular flexibility index (Phi) is 2.76. The molecule has 3 nitrogen and oxygen atoms in total. The molecule has 0 saturated carbocycles. The summed E-state index contributed by atoms with van der Waals surface area (Å²) >= 11 is 0. The molecule has 1 aromatic carbocycles. The number of benzene rings is 1. The molecule has 4 rings (SSSR count). The second kappa shape index (κ2) is 4.67. The molecule has 0 aliphatic heterocycles. The van der Waals surface area contributed by atoms with Crippen molar-refractivity contribution in [3.8, 4) is 11.1 Å². The minimum absolute atomic E-state index is 0.101. The van der Waals surface area contributed by atoms with Crippen LogP contribution in [0.5, 0.6) is 0 Å².